The number of benzene rings is 1. The topological polar surface area (TPSA) is 67.6 Å². The lowest BCUT2D eigenvalue weighted by Gasteiger charge is -2.24. The van der Waals surface area contributed by atoms with Gasteiger partial charge in [-0.3, -0.25) is 4.79 Å². The van der Waals surface area contributed by atoms with E-state index in [2.05, 4.69) is 0 Å². The Labute approximate surface area is 148 Å². The summed E-state index contributed by atoms with van der Waals surface area (Å²) < 4.78 is 28.7. The summed E-state index contributed by atoms with van der Waals surface area (Å²) in [4.78, 5) is 14.6. The molecule has 1 aliphatic heterocycles. The van der Waals surface area contributed by atoms with Crippen molar-refractivity contribution in [1.29, 1.82) is 0 Å². The van der Waals surface area contributed by atoms with Crippen LogP contribution in [-0.2, 0) is 21.2 Å². The Balaban J connectivity index is 1.82. The van der Waals surface area contributed by atoms with E-state index in [-0.39, 0.29) is 29.8 Å². The zero-order valence-electron chi connectivity index (χ0n) is 14.6. The Kier molecular flexibility index (Phi) is 4.99. The molecule has 3 rings (SSSR count). The van der Waals surface area contributed by atoms with E-state index in [4.69, 9.17) is 4.42 Å². The number of carbonyl (C=O) groups is 1. The van der Waals surface area contributed by atoms with Gasteiger partial charge in [0.15, 0.2) is 9.84 Å². The van der Waals surface area contributed by atoms with Crippen molar-refractivity contribution in [2.45, 2.75) is 33.2 Å². The molecule has 1 aromatic carbocycles. The molecule has 1 aromatic heterocycles. The lowest BCUT2D eigenvalue weighted by atomic mass is 10.0. The monoisotopic (exact) mass is 361 g/mol. The standard InChI is InChI=1S/C19H23NO4S/c1-14-5-6-17(10-15(14)2)20(12-18-4-3-8-24-18)19(21)11-16-7-9-25(22,23)13-16/h3-6,8,10,16H,7,9,11-13H2,1-2H3. The third-order valence-electron chi connectivity index (χ3n) is 4.79. The van der Waals surface area contributed by atoms with Crippen LogP contribution in [-0.4, -0.2) is 25.8 Å². The minimum absolute atomic E-state index is 0.0678. The van der Waals surface area contributed by atoms with E-state index in [9.17, 15) is 13.2 Å². The minimum atomic E-state index is -2.98. The van der Waals surface area contributed by atoms with Gasteiger partial charge in [0.05, 0.1) is 24.3 Å². The van der Waals surface area contributed by atoms with Crippen LogP contribution in [0.5, 0.6) is 0 Å². The van der Waals surface area contributed by atoms with E-state index in [1.54, 1.807) is 17.2 Å². The number of aryl methyl sites for hydroxylation is 2. The molecular weight excluding hydrogens is 338 g/mol. The van der Waals surface area contributed by atoms with Gasteiger partial charge in [-0.2, -0.15) is 0 Å². The van der Waals surface area contributed by atoms with Gasteiger partial charge in [0.25, 0.3) is 0 Å². The van der Waals surface area contributed by atoms with Gasteiger partial charge in [0, 0.05) is 12.1 Å². The second-order valence-corrected chi connectivity index (χ2v) is 9.03. The summed E-state index contributed by atoms with van der Waals surface area (Å²) in [5.41, 5.74) is 3.08. The van der Waals surface area contributed by atoms with Crippen molar-refractivity contribution in [1.82, 2.24) is 0 Å². The van der Waals surface area contributed by atoms with E-state index < -0.39 is 9.84 Å². The highest BCUT2D eigenvalue weighted by molar-refractivity contribution is 7.91. The number of amides is 1. The zero-order chi connectivity index (χ0) is 18.0. The van der Waals surface area contributed by atoms with Crippen molar-refractivity contribution in [2.75, 3.05) is 16.4 Å². The summed E-state index contributed by atoms with van der Waals surface area (Å²) in [6.45, 7) is 4.38. The Morgan fingerprint density at radius 2 is 2.04 bits per heavy atom. The number of rotatable bonds is 5. The van der Waals surface area contributed by atoms with Crippen LogP contribution in [0.3, 0.4) is 0 Å². The van der Waals surface area contributed by atoms with Gasteiger partial charge in [-0.1, -0.05) is 6.07 Å². The molecule has 1 fully saturated rings. The van der Waals surface area contributed by atoms with Gasteiger partial charge >= 0.3 is 0 Å². The molecule has 0 bridgehead atoms. The molecule has 0 radical (unpaired) electrons. The first kappa shape index (κ1) is 17.7. The SMILES string of the molecule is Cc1ccc(N(Cc2ccco2)C(=O)CC2CCS(=O)(=O)C2)cc1C. The normalized spacial score (nSPS) is 19.0. The number of anilines is 1. The number of furan rings is 1. The van der Waals surface area contributed by atoms with Gasteiger partial charge in [0.2, 0.25) is 5.91 Å². The first-order valence-corrected chi connectivity index (χ1v) is 10.3. The maximum absolute atomic E-state index is 12.9. The van der Waals surface area contributed by atoms with E-state index in [1.807, 2.05) is 38.1 Å². The Bertz CT molecular complexity index is 856. The average Bonchev–Trinajstić information content (AvgIpc) is 3.17. The van der Waals surface area contributed by atoms with E-state index in [1.165, 1.54) is 0 Å². The third kappa shape index (κ3) is 4.31. The molecular formula is C19H23NO4S. The summed E-state index contributed by atoms with van der Waals surface area (Å²) in [7, 11) is -2.98. The van der Waals surface area contributed by atoms with Crippen LogP contribution in [0.15, 0.2) is 41.0 Å². The smallest absolute Gasteiger partial charge is 0.227 e. The van der Waals surface area contributed by atoms with Crippen molar-refractivity contribution in [3.05, 3.63) is 53.5 Å². The summed E-state index contributed by atoms with van der Waals surface area (Å²) >= 11 is 0. The van der Waals surface area contributed by atoms with Crippen LogP contribution >= 0.6 is 0 Å². The number of sulfone groups is 1. The first-order valence-electron chi connectivity index (χ1n) is 8.44. The average molecular weight is 361 g/mol. The maximum atomic E-state index is 12.9. The lowest BCUT2D eigenvalue weighted by molar-refractivity contribution is -0.119. The molecule has 0 spiro atoms. The van der Waals surface area contributed by atoms with Crippen LogP contribution in [0, 0.1) is 19.8 Å². The van der Waals surface area contributed by atoms with Crippen molar-refractivity contribution < 1.29 is 17.6 Å². The number of nitrogens with zero attached hydrogens (tertiary/aromatic N) is 1. The minimum Gasteiger partial charge on any atom is -0.467 e. The van der Waals surface area contributed by atoms with Crippen LogP contribution in [0.1, 0.15) is 29.7 Å². The molecule has 1 saturated heterocycles. The van der Waals surface area contributed by atoms with E-state index in [0.29, 0.717) is 18.7 Å². The van der Waals surface area contributed by atoms with Crippen LogP contribution in [0.4, 0.5) is 5.69 Å². The maximum Gasteiger partial charge on any atom is 0.227 e. The largest absolute Gasteiger partial charge is 0.467 e. The molecule has 25 heavy (non-hydrogen) atoms. The quantitative estimate of drug-likeness (QED) is 0.820. The van der Waals surface area contributed by atoms with Crippen molar-refractivity contribution in [3.8, 4) is 0 Å². The number of hydrogen-bond donors (Lipinski definition) is 0. The molecule has 5 nitrogen and oxygen atoms in total. The van der Waals surface area contributed by atoms with Crippen LogP contribution in [0.25, 0.3) is 0 Å². The molecule has 1 amide bonds. The molecule has 1 unspecified atom stereocenters. The molecule has 1 atom stereocenters. The molecule has 6 heteroatoms. The fourth-order valence-electron chi connectivity index (χ4n) is 3.17. The van der Waals surface area contributed by atoms with Crippen molar-refractivity contribution >= 4 is 21.4 Å². The molecule has 134 valence electrons. The predicted molar refractivity (Wildman–Crippen MR) is 97.2 cm³/mol. The number of hydrogen-bond acceptors (Lipinski definition) is 4. The lowest BCUT2D eigenvalue weighted by Crippen LogP contribution is -2.32. The van der Waals surface area contributed by atoms with E-state index >= 15 is 0 Å². The van der Waals surface area contributed by atoms with Crippen molar-refractivity contribution in [2.24, 2.45) is 5.92 Å². The molecule has 2 aromatic rings. The molecule has 2 heterocycles. The second-order valence-electron chi connectivity index (χ2n) is 6.80. The summed E-state index contributed by atoms with van der Waals surface area (Å²) in [5, 5.41) is 0. The highest BCUT2D eigenvalue weighted by Crippen LogP contribution is 2.26. The van der Waals surface area contributed by atoms with Gasteiger partial charge in [-0.15, -0.1) is 0 Å². The van der Waals surface area contributed by atoms with Gasteiger partial charge in [0.1, 0.15) is 5.76 Å². The molecule has 1 aliphatic rings. The fourth-order valence-corrected chi connectivity index (χ4v) is 5.03. The zero-order valence-corrected chi connectivity index (χ0v) is 15.4. The Morgan fingerprint density at radius 3 is 2.64 bits per heavy atom. The van der Waals surface area contributed by atoms with Gasteiger partial charge in [-0.05, 0) is 61.6 Å². The highest BCUT2D eigenvalue weighted by Gasteiger charge is 2.31. The van der Waals surface area contributed by atoms with Gasteiger partial charge in [-0.25, -0.2) is 8.42 Å². The Morgan fingerprint density at radius 1 is 1.24 bits per heavy atom. The van der Waals surface area contributed by atoms with Crippen molar-refractivity contribution in [3.63, 3.8) is 0 Å². The van der Waals surface area contributed by atoms with Crippen LogP contribution < -0.4 is 4.90 Å². The second kappa shape index (κ2) is 7.04. The molecule has 0 saturated carbocycles. The summed E-state index contributed by atoms with van der Waals surface area (Å²) in [6.07, 6.45) is 2.39. The predicted octanol–water partition coefficient (Wildman–Crippen LogP) is 3.25. The fraction of sp³-hybridized carbons (Fsp3) is 0.421. The van der Waals surface area contributed by atoms with Gasteiger partial charge < -0.3 is 9.32 Å². The third-order valence-corrected chi connectivity index (χ3v) is 6.62. The summed E-state index contributed by atoms with van der Waals surface area (Å²) in [6, 6.07) is 9.53. The highest BCUT2D eigenvalue weighted by atomic mass is 32.2. The number of carbonyl (C=O) groups excluding carboxylic acids is 1. The summed E-state index contributed by atoms with van der Waals surface area (Å²) in [5.74, 6) is 0.836. The first-order chi connectivity index (χ1) is 11.8. The van der Waals surface area contributed by atoms with E-state index in [0.717, 1.165) is 16.8 Å². The molecule has 0 aliphatic carbocycles. The molecule has 0 N–H and O–H groups in total. The Hall–Kier alpha value is -2.08. The van der Waals surface area contributed by atoms with Crippen LogP contribution in [0.2, 0.25) is 0 Å².